The number of nitrogens with zero attached hydrogens (tertiary/aromatic N) is 1. The Bertz CT molecular complexity index is 607. The molecule has 0 saturated carbocycles. The summed E-state index contributed by atoms with van der Waals surface area (Å²) in [6.07, 6.45) is 3.40. The molecule has 0 bridgehead atoms. The lowest BCUT2D eigenvalue weighted by molar-refractivity contribution is -0.133. The SMILES string of the molecule is COC(=O)C#Cc1c[nH]c2ncc(Br)cc12. The molecule has 0 atom stereocenters. The Balaban J connectivity index is 2.48. The summed E-state index contributed by atoms with van der Waals surface area (Å²) >= 11 is 3.33. The van der Waals surface area contributed by atoms with Crippen molar-refractivity contribution in [2.45, 2.75) is 0 Å². The van der Waals surface area contributed by atoms with Gasteiger partial charge in [-0.1, -0.05) is 5.92 Å². The van der Waals surface area contributed by atoms with Crippen molar-refractivity contribution >= 4 is 32.9 Å². The molecule has 0 fully saturated rings. The van der Waals surface area contributed by atoms with Crippen LogP contribution in [0.1, 0.15) is 5.56 Å². The van der Waals surface area contributed by atoms with Gasteiger partial charge in [-0.15, -0.1) is 0 Å². The quantitative estimate of drug-likeness (QED) is 0.591. The first-order valence-corrected chi connectivity index (χ1v) is 5.22. The zero-order chi connectivity index (χ0) is 11.5. The number of fused-ring (bicyclic) bond motifs is 1. The van der Waals surface area contributed by atoms with E-state index >= 15 is 0 Å². The van der Waals surface area contributed by atoms with E-state index in [1.165, 1.54) is 7.11 Å². The summed E-state index contributed by atoms with van der Waals surface area (Å²) in [5.74, 6) is 4.54. The van der Waals surface area contributed by atoms with Crippen LogP contribution in [0.2, 0.25) is 0 Å². The van der Waals surface area contributed by atoms with Gasteiger partial charge in [0.25, 0.3) is 0 Å². The number of esters is 1. The first kappa shape index (κ1) is 10.7. The van der Waals surface area contributed by atoms with Crippen LogP contribution >= 0.6 is 15.9 Å². The molecule has 0 saturated heterocycles. The van der Waals surface area contributed by atoms with E-state index in [0.717, 1.165) is 15.5 Å². The third kappa shape index (κ3) is 2.07. The van der Waals surface area contributed by atoms with Gasteiger partial charge in [0.1, 0.15) is 5.65 Å². The third-order valence-electron chi connectivity index (χ3n) is 1.98. The second kappa shape index (κ2) is 4.37. The zero-order valence-corrected chi connectivity index (χ0v) is 9.96. The minimum atomic E-state index is -0.558. The lowest BCUT2D eigenvalue weighted by atomic mass is 10.2. The normalized spacial score (nSPS) is 9.62. The molecule has 0 spiro atoms. The van der Waals surface area contributed by atoms with Gasteiger partial charge >= 0.3 is 5.97 Å². The Kier molecular flexibility index (Phi) is 2.93. The predicted molar refractivity (Wildman–Crippen MR) is 62.7 cm³/mol. The smallest absolute Gasteiger partial charge is 0.384 e. The number of carbonyl (C=O) groups is 1. The van der Waals surface area contributed by atoms with E-state index in [9.17, 15) is 4.79 Å². The number of pyridine rings is 1. The van der Waals surface area contributed by atoms with Gasteiger partial charge in [0.05, 0.1) is 12.7 Å². The average molecular weight is 279 g/mol. The van der Waals surface area contributed by atoms with Crippen LogP contribution in [0.3, 0.4) is 0 Å². The molecule has 0 radical (unpaired) electrons. The van der Waals surface area contributed by atoms with Crippen molar-refractivity contribution in [1.82, 2.24) is 9.97 Å². The number of H-pyrrole nitrogens is 1. The maximum absolute atomic E-state index is 10.9. The van der Waals surface area contributed by atoms with Gasteiger partial charge in [-0.25, -0.2) is 9.78 Å². The molecule has 2 aromatic heterocycles. The molecule has 0 unspecified atom stereocenters. The maximum Gasteiger partial charge on any atom is 0.384 e. The van der Waals surface area contributed by atoms with E-state index in [4.69, 9.17) is 0 Å². The van der Waals surface area contributed by atoms with Crippen molar-refractivity contribution in [3.8, 4) is 11.8 Å². The Morgan fingerprint density at radius 2 is 2.44 bits per heavy atom. The van der Waals surface area contributed by atoms with Gasteiger partial charge in [-0.05, 0) is 22.0 Å². The van der Waals surface area contributed by atoms with Crippen LogP contribution in [0, 0.1) is 11.8 Å². The van der Waals surface area contributed by atoms with Crippen LogP contribution < -0.4 is 0 Å². The van der Waals surface area contributed by atoms with Gasteiger partial charge in [0, 0.05) is 28.2 Å². The second-order valence-corrected chi connectivity index (χ2v) is 3.91. The minimum Gasteiger partial charge on any atom is -0.459 e. The van der Waals surface area contributed by atoms with E-state index < -0.39 is 5.97 Å². The highest BCUT2D eigenvalue weighted by atomic mass is 79.9. The monoisotopic (exact) mass is 278 g/mol. The highest BCUT2D eigenvalue weighted by molar-refractivity contribution is 9.10. The van der Waals surface area contributed by atoms with Gasteiger partial charge in [-0.3, -0.25) is 0 Å². The molecule has 1 N–H and O–H groups in total. The van der Waals surface area contributed by atoms with Crippen molar-refractivity contribution in [3.63, 3.8) is 0 Å². The van der Waals surface area contributed by atoms with Gasteiger partial charge in [-0.2, -0.15) is 0 Å². The third-order valence-corrected chi connectivity index (χ3v) is 2.42. The highest BCUT2D eigenvalue weighted by Gasteiger charge is 2.03. The van der Waals surface area contributed by atoms with E-state index in [2.05, 4.69) is 42.5 Å². The maximum atomic E-state index is 10.9. The number of aromatic nitrogens is 2. The van der Waals surface area contributed by atoms with Crippen LogP contribution in [0.15, 0.2) is 22.9 Å². The van der Waals surface area contributed by atoms with E-state index in [1.807, 2.05) is 6.07 Å². The molecule has 0 aliphatic carbocycles. The van der Waals surface area contributed by atoms with Crippen molar-refractivity contribution in [2.75, 3.05) is 7.11 Å². The van der Waals surface area contributed by atoms with Gasteiger partial charge < -0.3 is 9.72 Å². The molecule has 0 aromatic carbocycles. The number of nitrogens with one attached hydrogen (secondary N) is 1. The molecule has 4 nitrogen and oxygen atoms in total. The Labute approximate surface area is 100 Å². The number of methoxy groups -OCH3 is 1. The number of aromatic amines is 1. The Morgan fingerprint density at radius 3 is 3.19 bits per heavy atom. The first-order chi connectivity index (χ1) is 7.70. The zero-order valence-electron chi connectivity index (χ0n) is 8.37. The molecule has 5 heteroatoms. The molecular weight excluding hydrogens is 272 g/mol. The van der Waals surface area contributed by atoms with Gasteiger partial charge in [0.15, 0.2) is 0 Å². The number of hydrogen-bond acceptors (Lipinski definition) is 3. The molecule has 0 aliphatic rings. The Morgan fingerprint density at radius 1 is 1.62 bits per heavy atom. The summed E-state index contributed by atoms with van der Waals surface area (Å²) in [5, 5.41) is 0.866. The summed E-state index contributed by atoms with van der Waals surface area (Å²) in [6, 6.07) is 1.89. The summed E-state index contributed by atoms with van der Waals surface area (Å²) in [6.45, 7) is 0. The van der Waals surface area contributed by atoms with Crippen LogP contribution in [-0.4, -0.2) is 23.0 Å². The van der Waals surface area contributed by atoms with Crippen molar-refractivity contribution in [2.24, 2.45) is 0 Å². The predicted octanol–water partition coefficient (Wildman–Crippen LogP) is 1.85. The topological polar surface area (TPSA) is 55.0 Å². The highest BCUT2D eigenvalue weighted by Crippen LogP contribution is 2.19. The Hall–Kier alpha value is -1.80. The van der Waals surface area contributed by atoms with E-state index in [1.54, 1.807) is 12.4 Å². The lowest BCUT2D eigenvalue weighted by Gasteiger charge is -1.91. The van der Waals surface area contributed by atoms with Crippen LogP contribution in [0.4, 0.5) is 0 Å². The average Bonchev–Trinajstić information content (AvgIpc) is 2.68. The van der Waals surface area contributed by atoms with Crippen LogP contribution in [0.5, 0.6) is 0 Å². The molecule has 2 rings (SSSR count). The summed E-state index contributed by atoms with van der Waals surface area (Å²) < 4.78 is 5.30. The lowest BCUT2D eigenvalue weighted by Crippen LogP contribution is -1.94. The van der Waals surface area contributed by atoms with Crippen LogP contribution in [-0.2, 0) is 9.53 Å². The fourth-order valence-corrected chi connectivity index (χ4v) is 1.58. The van der Waals surface area contributed by atoms with E-state index in [-0.39, 0.29) is 0 Å². The second-order valence-electron chi connectivity index (χ2n) is 2.99. The first-order valence-electron chi connectivity index (χ1n) is 4.43. The molecule has 0 amide bonds. The molecule has 0 aliphatic heterocycles. The fourth-order valence-electron chi connectivity index (χ4n) is 1.25. The molecule has 80 valence electrons. The van der Waals surface area contributed by atoms with Crippen molar-refractivity contribution in [1.29, 1.82) is 0 Å². The van der Waals surface area contributed by atoms with Crippen LogP contribution in [0.25, 0.3) is 11.0 Å². The number of ether oxygens (including phenoxy) is 1. The number of rotatable bonds is 0. The largest absolute Gasteiger partial charge is 0.459 e. The number of hydrogen-bond donors (Lipinski definition) is 1. The standard InChI is InChI=1S/C11H7BrN2O2/c1-16-10(15)3-2-7-5-13-11-9(7)4-8(12)6-14-11/h4-6H,1H3,(H,13,14). The molecule has 2 aromatic rings. The minimum absolute atomic E-state index is 0.558. The van der Waals surface area contributed by atoms with Gasteiger partial charge in [0.2, 0.25) is 0 Å². The summed E-state index contributed by atoms with van der Waals surface area (Å²) in [7, 11) is 1.30. The molecular formula is C11H7BrN2O2. The molecule has 2 heterocycles. The summed E-state index contributed by atoms with van der Waals surface area (Å²) in [4.78, 5) is 18.0. The fraction of sp³-hybridized carbons (Fsp3) is 0.0909. The summed E-state index contributed by atoms with van der Waals surface area (Å²) in [5.41, 5.74) is 1.45. The van der Waals surface area contributed by atoms with Crippen molar-refractivity contribution in [3.05, 3.63) is 28.5 Å². The molecule has 16 heavy (non-hydrogen) atoms. The number of carbonyl (C=O) groups excluding carboxylic acids is 1. The van der Waals surface area contributed by atoms with Crippen molar-refractivity contribution < 1.29 is 9.53 Å². The number of halogens is 1. The van der Waals surface area contributed by atoms with E-state index in [0.29, 0.717) is 5.56 Å².